The van der Waals surface area contributed by atoms with Gasteiger partial charge < -0.3 is 50.2 Å². The van der Waals surface area contributed by atoms with E-state index in [1.54, 1.807) is 52.8 Å². The second-order valence-corrected chi connectivity index (χ2v) is 25.3. The summed E-state index contributed by atoms with van der Waals surface area (Å²) < 4.78 is 69.4. The van der Waals surface area contributed by atoms with Crippen molar-refractivity contribution in [2.45, 2.75) is 179 Å². The van der Waals surface area contributed by atoms with Gasteiger partial charge in [0.1, 0.15) is 35.6 Å². The number of alkyl halides is 3. The molecule has 0 aliphatic carbocycles. The number of carbonyl (C=O) groups excluding carboxylic acids is 9. The molecule has 0 radical (unpaired) electrons. The normalized spacial score (nSPS) is 25.0. The number of anilines is 1. The number of Topliss-reactive ketones (excluding diaryl/α,β-unsaturated/α-hetero) is 1. The molecule has 4 aliphatic heterocycles. The average Bonchev–Trinajstić information content (AvgIpc) is 1.60. The van der Waals surface area contributed by atoms with Gasteiger partial charge in [0.25, 0.3) is 17.7 Å². The highest BCUT2D eigenvalue weighted by Crippen LogP contribution is 2.50. The van der Waals surface area contributed by atoms with Gasteiger partial charge in [-0.25, -0.2) is 9.59 Å². The molecule has 2 fully saturated rings. The number of amides is 7. The number of fused-ring (bicyclic) bond motifs is 5. The summed E-state index contributed by atoms with van der Waals surface area (Å²) in [5.74, 6) is -7.24. The van der Waals surface area contributed by atoms with E-state index in [4.69, 9.17) is 48.5 Å². The third-order valence-electron chi connectivity index (χ3n) is 17.2. The van der Waals surface area contributed by atoms with Crippen molar-refractivity contribution in [2.75, 3.05) is 39.2 Å². The molecule has 2 aromatic carbocycles. The number of imide groups is 1. The lowest BCUT2D eigenvalue weighted by Crippen LogP contribution is -2.53. The maximum absolute atomic E-state index is 15.2. The summed E-state index contributed by atoms with van der Waals surface area (Å²) in [6, 6.07) is 2.67. The maximum atomic E-state index is 15.2. The Bertz CT molecular complexity index is 3140. The Kier molecular flexibility index (Phi) is 24.2. The number of benzene rings is 2. The second kappa shape index (κ2) is 30.3. The smallest absolute Gasteiger partial charge is 0.417 e. The van der Waals surface area contributed by atoms with Crippen molar-refractivity contribution < 1.29 is 80.4 Å². The Labute approximate surface area is 527 Å². The molecule has 2 aromatic rings. The van der Waals surface area contributed by atoms with Crippen molar-refractivity contribution in [1.29, 1.82) is 0 Å². The van der Waals surface area contributed by atoms with Crippen molar-refractivity contribution in [2.24, 2.45) is 23.5 Å². The first kappa shape index (κ1) is 71.2. The van der Waals surface area contributed by atoms with Gasteiger partial charge >= 0.3 is 24.1 Å². The number of hydrogen-bond donors (Lipinski definition) is 4. The SMILES string of the molecule is CO[C@@H]1/C=C/C=C(\C)Cc2cc(C)c(Cl)c(c2)N(C)C(=O)C[C@H](OC(=O)[C@H](C)N(C)C(=O)c2ccc(CC(=O)[C@H](CCCNC(N)=O)NC(=O)[C@@H](CC(=S)CCCCCN3C(=O)C=CC3=O)C(C)C)cc2C(F)(F)F)[C@]2(C)O[C@H]2[C@H](C)[C@@H]2C[C@@]1(O)CC(=O)O2. The standard InChI is InChI=1S/C64H82ClF3N6O14S/c1-35(2)44(31-42(89)17-12-11-13-25-74-52(76)22-23-53(74)77)58(80)71-46(18-15-24-70-61(69)83)48(75)30-40-20-21-43(45(28-40)64(66,67)68)59(81)72(8)39(6)60(82)87-51-32-54(78)73(9)47-29-41(27-37(4)56(47)65)26-36(3)16-14-19-50(85-10)63(84)33-49(86-55(79)34-63)38(5)57-62(51,7)88-57/h14,16,19-23,27-29,35,38-39,44,46,49-51,57,84H,11-13,15,17-18,24-26,30-34H2,1-10H3,(H,71,80)(H3,69,70,83)/b19-14+,36-16+/t38-,39+,44+,46+,49+,50-,51+,57+,62+,63-/m1/s1. The Morgan fingerprint density at radius 3 is 2.34 bits per heavy atom. The predicted octanol–water partition coefficient (Wildman–Crippen LogP) is 7.96. The number of methoxy groups -OCH3 is 1. The molecule has 4 bridgehead atoms. The third kappa shape index (κ3) is 18.2. The van der Waals surface area contributed by atoms with E-state index < -0.39 is 131 Å². The molecule has 486 valence electrons. The highest BCUT2D eigenvalue weighted by molar-refractivity contribution is 7.80. The third-order valence-corrected chi connectivity index (χ3v) is 18.1. The lowest BCUT2D eigenvalue weighted by Gasteiger charge is -2.41. The van der Waals surface area contributed by atoms with Crippen LogP contribution in [0.5, 0.6) is 0 Å². The molecule has 0 unspecified atom stereocenters. The zero-order valence-corrected chi connectivity index (χ0v) is 53.5. The number of epoxide rings is 1. The minimum absolute atomic E-state index is 0.0160. The van der Waals surface area contributed by atoms with Gasteiger partial charge in [-0.05, 0) is 118 Å². The van der Waals surface area contributed by atoms with Crippen molar-refractivity contribution in [3.05, 3.63) is 99.1 Å². The number of ketones is 1. The lowest BCUT2D eigenvalue weighted by atomic mass is 9.78. The van der Waals surface area contributed by atoms with Crippen molar-refractivity contribution in [1.82, 2.24) is 20.4 Å². The minimum atomic E-state index is -5.17. The summed E-state index contributed by atoms with van der Waals surface area (Å²) in [6.45, 7) is 12.1. The first-order valence-electron chi connectivity index (χ1n) is 29.8. The quantitative estimate of drug-likeness (QED) is 0.0270. The monoisotopic (exact) mass is 1280 g/mol. The number of likely N-dealkylation sites (N-methyl/N-ethyl adjacent to an activating group) is 1. The van der Waals surface area contributed by atoms with Crippen molar-refractivity contribution in [3.63, 3.8) is 0 Å². The molecule has 6 rings (SSSR count). The number of nitrogens with one attached hydrogen (secondary N) is 2. The van der Waals surface area contributed by atoms with E-state index in [-0.39, 0.29) is 73.5 Å². The summed E-state index contributed by atoms with van der Waals surface area (Å²) in [4.78, 5) is 124. The number of ether oxygens (including phenoxy) is 4. The van der Waals surface area contributed by atoms with Gasteiger partial charge in [0.15, 0.2) is 5.78 Å². The molecule has 4 aliphatic rings. The van der Waals surface area contributed by atoms with Gasteiger partial charge in [0.2, 0.25) is 11.8 Å². The zero-order valence-electron chi connectivity index (χ0n) is 52.0. The number of aliphatic hydroxyl groups is 1. The fourth-order valence-corrected chi connectivity index (χ4v) is 12.2. The van der Waals surface area contributed by atoms with Crippen LogP contribution < -0.4 is 21.3 Å². The molecule has 25 heteroatoms. The van der Waals surface area contributed by atoms with E-state index in [0.717, 1.165) is 40.1 Å². The van der Waals surface area contributed by atoms with Crippen LogP contribution in [0.4, 0.5) is 23.7 Å². The second-order valence-electron chi connectivity index (χ2n) is 24.3. The number of urea groups is 1. The number of allylic oxidation sites excluding steroid dienone is 3. The Hall–Kier alpha value is -6.86. The summed E-state index contributed by atoms with van der Waals surface area (Å²) in [7, 11) is 4.01. The molecule has 0 aromatic heterocycles. The number of primary amides is 1. The van der Waals surface area contributed by atoms with Crippen LogP contribution >= 0.6 is 23.8 Å². The van der Waals surface area contributed by atoms with Crippen LogP contribution in [0.2, 0.25) is 5.02 Å². The van der Waals surface area contributed by atoms with Gasteiger partial charge in [-0.1, -0.05) is 86.9 Å². The molecule has 4 heterocycles. The number of thiocarbonyl (C=S) groups is 1. The van der Waals surface area contributed by atoms with Gasteiger partial charge in [0.05, 0.1) is 46.8 Å². The van der Waals surface area contributed by atoms with Gasteiger partial charge in [-0.15, -0.1) is 0 Å². The lowest BCUT2D eigenvalue weighted by molar-refractivity contribution is -0.187. The molecular weight excluding hydrogens is 1200 g/mol. The zero-order chi connectivity index (χ0) is 66.0. The average molecular weight is 1280 g/mol. The summed E-state index contributed by atoms with van der Waals surface area (Å²) in [6.07, 6.45) is -0.278. The number of nitrogens with two attached hydrogens (primary N) is 1. The molecule has 5 N–H and O–H groups in total. The molecular formula is C64H82ClF3N6O14S. The number of carbonyl (C=O) groups is 9. The van der Waals surface area contributed by atoms with Crippen LogP contribution in [0.15, 0.2) is 66.3 Å². The van der Waals surface area contributed by atoms with Crippen LogP contribution in [0.1, 0.15) is 138 Å². The van der Waals surface area contributed by atoms with E-state index in [2.05, 4.69) is 10.6 Å². The van der Waals surface area contributed by atoms with Gasteiger partial charge in [-0.3, -0.25) is 38.5 Å². The van der Waals surface area contributed by atoms with E-state index in [1.807, 2.05) is 19.1 Å². The van der Waals surface area contributed by atoms with Crippen LogP contribution in [0, 0.1) is 24.7 Å². The molecule has 7 amide bonds. The number of unbranched alkanes of at least 4 members (excludes halogenated alkanes) is 2. The summed E-state index contributed by atoms with van der Waals surface area (Å²) in [5.41, 5.74) is 2.32. The highest BCUT2D eigenvalue weighted by atomic mass is 35.5. The number of aryl methyl sites for hydroxylation is 1. The molecule has 89 heavy (non-hydrogen) atoms. The molecule has 2 saturated heterocycles. The first-order chi connectivity index (χ1) is 41.7. The number of rotatable bonds is 23. The fraction of sp³-hybridized carbons (Fsp3) is 0.562. The van der Waals surface area contributed by atoms with Crippen LogP contribution in [-0.2, 0) is 71.5 Å². The van der Waals surface area contributed by atoms with Gasteiger partial charge in [-0.2, -0.15) is 13.2 Å². The van der Waals surface area contributed by atoms with E-state index in [1.165, 1.54) is 38.1 Å². The van der Waals surface area contributed by atoms with Crippen LogP contribution in [0.3, 0.4) is 0 Å². The van der Waals surface area contributed by atoms with Crippen molar-refractivity contribution >= 4 is 87.7 Å². The number of esters is 2. The predicted molar refractivity (Wildman–Crippen MR) is 328 cm³/mol. The van der Waals surface area contributed by atoms with Crippen molar-refractivity contribution in [3.8, 4) is 0 Å². The Balaban J connectivity index is 1.20. The molecule has 0 saturated carbocycles. The number of hydrogen-bond acceptors (Lipinski definition) is 15. The Morgan fingerprint density at radius 1 is 1.01 bits per heavy atom. The number of nitrogens with zero attached hydrogens (tertiary/aromatic N) is 3. The topological polar surface area (TPSA) is 274 Å². The maximum Gasteiger partial charge on any atom is 0.417 e. The van der Waals surface area contributed by atoms with Gasteiger partial charge in [0, 0.05) is 71.1 Å². The fourth-order valence-electron chi connectivity index (χ4n) is 11.6. The Morgan fingerprint density at radius 2 is 1.70 bits per heavy atom. The van der Waals surface area contributed by atoms with E-state index in [0.29, 0.717) is 54.3 Å². The molecule has 20 nitrogen and oxygen atoms in total. The first-order valence-corrected chi connectivity index (χ1v) is 30.6. The molecule has 0 spiro atoms. The van der Waals surface area contributed by atoms with E-state index >= 15 is 13.2 Å². The number of halogens is 4. The van der Waals surface area contributed by atoms with E-state index in [9.17, 15) is 48.3 Å². The summed E-state index contributed by atoms with van der Waals surface area (Å²) >= 11 is 12.5. The largest absolute Gasteiger partial charge is 0.462 e. The molecule has 10 atom stereocenters. The minimum Gasteiger partial charge on any atom is -0.462 e. The highest BCUT2D eigenvalue weighted by Gasteiger charge is 2.64. The summed E-state index contributed by atoms with van der Waals surface area (Å²) in [5, 5.41) is 17.5. The van der Waals surface area contributed by atoms with Crippen LogP contribution in [0.25, 0.3) is 0 Å². The van der Waals surface area contributed by atoms with Crippen LogP contribution in [-0.4, -0.2) is 155 Å².